The maximum Gasteiger partial charge on any atom is 0.225 e. The van der Waals surface area contributed by atoms with Crippen LogP contribution < -0.4 is 10.1 Å². The van der Waals surface area contributed by atoms with Gasteiger partial charge in [0.25, 0.3) is 0 Å². The number of para-hydroxylation sites is 1. The number of hydrogen-bond donors (Lipinski definition) is 1. The monoisotopic (exact) mass is 349 g/mol. The maximum atomic E-state index is 13.8. The molecule has 4 heteroatoms. The van der Waals surface area contributed by atoms with E-state index in [1.807, 2.05) is 60.7 Å². The lowest BCUT2D eigenvalue weighted by atomic mass is 10.1. The molecule has 3 aromatic rings. The number of carbonyl (C=O) groups is 1. The van der Waals surface area contributed by atoms with E-state index in [2.05, 4.69) is 5.32 Å². The number of hydrogen-bond acceptors (Lipinski definition) is 2. The summed E-state index contributed by atoms with van der Waals surface area (Å²) in [6.07, 6.45) is 0.282. The lowest BCUT2D eigenvalue weighted by molar-refractivity contribution is -0.121. The van der Waals surface area contributed by atoms with Crippen molar-refractivity contribution >= 4 is 5.91 Å². The molecular formula is C22H20FNO2. The molecule has 0 bridgehead atoms. The van der Waals surface area contributed by atoms with Crippen LogP contribution in [0.15, 0.2) is 84.9 Å². The molecule has 0 radical (unpaired) electrons. The number of carbonyl (C=O) groups excluding carboxylic acids is 1. The molecule has 26 heavy (non-hydrogen) atoms. The van der Waals surface area contributed by atoms with Gasteiger partial charge in [0, 0.05) is 0 Å². The predicted octanol–water partition coefficient (Wildman–Crippen LogP) is 4.30. The van der Waals surface area contributed by atoms with Gasteiger partial charge in [-0.2, -0.15) is 0 Å². The van der Waals surface area contributed by atoms with Gasteiger partial charge in [-0.15, -0.1) is 0 Å². The Hall–Kier alpha value is -3.14. The Balaban J connectivity index is 1.69. The van der Waals surface area contributed by atoms with Crippen LogP contribution in [0.25, 0.3) is 0 Å². The van der Waals surface area contributed by atoms with E-state index >= 15 is 0 Å². The molecule has 1 unspecified atom stereocenters. The van der Waals surface area contributed by atoms with Crippen molar-refractivity contribution < 1.29 is 13.9 Å². The van der Waals surface area contributed by atoms with E-state index in [0.29, 0.717) is 0 Å². The molecule has 1 N–H and O–H groups in total. The van der Waals surface area contributed by atoms with E-state index in [0.717, 1.165) is 11.1 Å². The normalized spacial score (nSPS) is 11.6. The second-order valence-corrected chi connectivity index (χ2v) is 5.93. The lowest BCUT2D eigenvalue weighted by Crippen LogP contribution is -2.33. The van der Waals surface area contributed by atoms with E-state index in [1.165, 1.54) is 6.07 Å². The Morgan fingerprint density at radius 1 is 0.885 bits per heavy atom. The van der Waals surface area contributed by atoms with Crippen LogP contribution >= 0.6 is 0 Å². The fourth-order valence-corrected chi connectivity index (χ4v) is 2.67. The zero-order valence-electron chi connectivity index (χ0n) is 14.3. The standard InChI is InChI=1S/C22H20FNO2/c23-19-13-7-8-14-21(19)26-16-20(18-11-5-2-6-12-18)24-22(25)15-17-9-3-1-4-10-17/h1-14,20H,15-16H2,(H,24,25). The van der Waals surface area contributed by atoms with Gasteiger partial charge in [-0.05, 0) is 23.3 Å². The first-order valence-corrected chi connectivity index (χ1v) is 8.48. The van der Waals surface area contributed by atoms with Crippen LogP contribution in [0, 0.1) is 5.82 Å². The summed E-state index contributed by atoms with van der Waals surface area (Å²) in [6, 6.07) is 24.9. The molecule has 0 spiro atoms. The number of halogens is 1. The molecule has 0 fully saturated rings. The van der Waals surface area contributed by atoms with E-state index < -0.39 is 5.82 Å². The third-order valence-electron chi connectivity index (χ3n) is 3.99. The first-order valence-electron chi connectivity index (χ1n) is 8.48. The van der Waals surface area contributed by atoms with Crippen LogP contribution in [0.5, 0.6) is 5.75 Å². The smallest absolute Gasteiger partial charge is 0.225 e. The topological polar surface area (TPSA) is 38.3 Å². The quantitative estimate of drug-likeness (QED) is 0.690. The lowest BCUT2D eigenvalue weighted by Gasteiger charge is -2.20. The minimum absolute atomic E-state index is 0.109. The Morgan fingerprint density at radius 2 is 1.50 bits per heavy atom. The van der Waals surface area contributed by atoms with Gasteiger partial charge in [0.15, 0.2) is 11.6 Å². The Labute approximate surface area is 152 Å². The molecule has 3 aromatic carbocycles. The molecule has 0 saturated carbocycles. The largest absolute Gasteiger partial charge is 0.488 e. The van der Waals surface area contributed by atoms with Crippen molar-refractivity contribution in [2.45, 2.75) is 12.5 Å². The highest BCUT2D eigenvalue weighted by molar-refractivity contribution is 5.79. The van der Waals surface area contributed by atoms with Crippen molar-refractivity contribution in [2.24, 2.45) is 0 Å². The highest BCUT2D eigenvalue weighted by Crippen LogP contribution is 2.19. The van der Waals surface area contributed by atoms with Gasteiger partial charge in [-0.1, -0.05) is 72.8 Å². The Morgan fingerprint density at radius 3 is 2.19 bits per heavy atom. The summed E-state index contributed by atoms with van der Waals surface area (Å²) < 4.78 is 19.4. The molecular weight excluding hydrogens is 329 g/mol. The van der Waals surface area contributed by atoms with Crippen molar-refractivity contribution in [1.82, 2.24) is 5.32 Å². The fraction of sp³-hybridized carbons (Fsp3) is 0.136. The number of ether oxygens (including phenoxy) is 1. The van der Waals surface area contributed by atoms with Crippen LogP contribution in [-0.4, -0.2) is 12.5 Å². The summed E-state index contributed by atoms with van der Waals surface area (Å²) in [5.74, 6) is -0.358. The van der Waals surface area contributed by atoms with Gasteiger partial charge in [0.1, 0.15) is 6.61 Å². The SMILES string of the molecule is O=C(Cc1ccccc1)NC(COc1ccccc1F)c1ccccc1. The summed E-state index contributed by atoms with van der Waals surface area (Å²) in [6.45, 7) is 0.144. The summed E-state index contributed by atoms with van der Waals surface area (Å²) in [5, 5.41) is 2.99. The molecule has 0 aliphatic rings. The molecule has 1 atom stereocenters. The first kappa shape index (κ1) is 17.7. The zero-order valence-corrected chi connectivity index (χ0v) is 14.3. The van der Waals surface area contributed by atoms with Gasteiger partial charge >= 0.3 is 0 Å². The molecule has 0 aliphatic heterocycles. The number of amides is 1. The molecule has 0 heterocycles. The van der Waals surface area contributed by atoms with E-state index in [4.69, 9.17) is 4.74 Å². The predicted molar refractivity (Wildman–Crippen MR) is 99.4 cm³/mol. The molecule has 3 nitrogen and oxygen atoms in total. The van der Waals surface area contributed by atoms with Crippen LogP contribution in [0.4, 0.5) is 4.39 Å². The highest BCUT2D eigenvalue weighted by atomic mass is 19.1. The third-order valence-corrected chi connectivity index (χ3v) is 3.99. The van der Waals surface area contributed by atoms with Crippen molar-refractivity contribution in [3.8, 4) is 5.75 Å². The second-order valence-electron chi connectivity index (χ2n) is 5.93. The van der Waals surface area contributed by atoms with Gasteiger partial charge in [-0.3, -0.25) is 4.79 Å². The third kappa shape index (κ3) is 4.93. The van der Waals surface area contributed by atoms with E-state index in [1.54, 1.807) is 18.2 Å². The van der Waals surface area contributed by atoms with Crippen molar-refractivity contribution in [1.29, 1.82) is 0 Å². The van der Waals surface area contributed by atoms with Gasteiger partial charge < -0.3 is 10.1 Å². The second kappa shape index (κ2) is 8.81. The van der Waals surface area contributed by atoms with Crippen LogP contribution in [0.1, 0.15) is 17.2 Å². The molecule has 0 aliphatic carbocycles. The van der Waals surface area contributed by atoms with Crippen LogP contribution in [-0.2, 0) is 11.2 Å². The average Bonchev–Trinajstić information content (AvgIpc) is 2.68. The summed E-state index contributed by atoms with van der Waals surface area (Å²) >= 11 is 0. The van der Waals surface area contributed by atoms with Crippen molar-refractivity contribution in [3.63, 3.8) is 0 Å². The van der Waals surface area contributed by atoms with Crippen molar-refractivity contribution in [3.05, 3.63) is 102 Å². The number of benzene rings is 3. The molecule has 0 aromatic heterocycles. The summed E-state index contributed by atoms with van der Waals surface area (Å²) in [7, 11) is 0. The average molecular weight is 349 g/mol. The van der Waals surface area contributed by atoms with E-state index in [9.17, 15) is 9.18 Å². The number of rotatable bonds is 7. The molecule has 1 amide bonds. The zero-order chi connectivity index (χ0) is 18.2. The van der Waals surface area contributed by atoms with Crippen LogP contribution in [0.3, 0.4) is 0 Å². The van der Waals surface area contributed by atoms with Gasteiger partial charge in [-0.25, -0.2) is 4.39 Å². The highest BCUT2D eigenvalue weighted by Gasteiger charge is 2.16. The fourth-order valence-electron chi connectivity index (χ4n) is 2.67. The molecule has 0 saturated heterocycles. The molecule has 132 valence electrons. The van der Waals surface area contributed by atoms with Crippen molar-refractivity contribution in [2.75, 3.05) is 6.61 Å². The first-order chi connectivity index (χ1) is 12.7. The summed E-state index contributed by atoms with van der Waals surface area (Å²) in [5.41, 5.74) is 1.84. The summed E-state index contributed by atoms with van der Waals surface area (Å²) in [4.78, 5) is 12.4. The maximum absolute atomic E-state index is 13.8. The minimum Gasteiger partial charge on any atom is -0.488 e. The van der Waals surface area contributed by atoms with Gasteiger partial charge in [0.05, 0.1) is 12.5 Å². The minimum atomic E-state index is -0.421. The molecule has 3 rings (SSSR count). The number of nitrogens with one attached hydrogen (secondary N) is 1. The van der Waals surface area contributed by atoms with E-state index in [-0.39, 0.29) is 30.7 Å². The van der Waals surface area contributed by atoms with Crippen LogP contribution in [0.2, 0.25) is 0 Å². The van der Waals surface area contributed by atoms with Gasteiger partial charge in [0.2, 0.25) is 5.91 Å². The Bertz CT molecular complexity index is 837. The Kier molecular flexibility index (Phi) is 5.99.